The van der Waals surface area contributed by atoms with Crippen molar-refractivity contribution < 1.29 is 9.59 Å². The molecule has 0 saturated carbocycles. The molecule has 2 amide bonds. The lowest BCUT2D eigenvalue weighted by atomic mass is 10.1. The fourth-order valence-electron chi connectivity index (χ4n) is 4.22. The van der Waals surface area contributed by atoms with Crippen molar-refractivity contribution in [3.63, 3.8) is 0 Å². The number of pyridine rings is 1. The van der Waals surface area contributed by atoms with Gasteiger partial charge in [-0.15, -0.1) is 11.3 Å². The molecule has 0 unspecified atom stereocenters. The Morgan fingerprint density at radius 2 is 1.63 bits per heavy atom. The van der Waals surface area contributed by atoms with Crippen molar-refractivity contribution in [2.24, 2.45) is 0 Å². The lowest BCUT2D eigenvalue weighted by molar-refractivity contribution is 0.0890. The Balaban J connectivity index is 0.00000289. The van der Waals surface area contributed by atoms with Crippen molar-refractivity contribution in [3.8, 4) is 5.69 Å². The third kappa shape index (κ3) is 5.19. The van der Waals surface area contributed by atoms with Gasteiger partial charge < -0.3 is 10.6 Å². The Morgan fingerprint density at radius 1 is 0.886 bits per heavy atom. The zero-order chi connectivity index (χ0) is 23.7. The monoisotopic (exact) mass is 523 g/mol. The molecule has 4 aromatic rings. The second-order valence-electron chi connectivity index (χ2n) is 7.99. The van der Waals surface area contributed by atoms with Crippen LogP contribution < -0.4 is 16.2 Å². The third-order valence-electron chi connectivity index (χ3n) is 5.86. The van der Waals surface area contributed by atoms with Crippen molar-refractivity contribution in [1.29, 1.82) is 0 Å². The highest BCUT2D eigenvalue weighted by molar-refractivity contribution is 7.59. The number of nitrogens with zero attached hydrogens (tertiary/aromatic N) is 1. The van der Waals surface area contributed by atoms with E-state index >= 15 is 0 Å². The van der Waals surface area contributed by atoms with Crippen LogP contribution in [0.1, 0.15) is 37.2 Å². The molecule has 2 atom stereocenters. The lowest BCUT2D eigenvalue weighted by Crippen LogP contribution is -2.44. The van der Waals surface area contributed by atoms with Crippen molar-refractivity contribution in [2.75, 3.05) is 0 Å². The van der Waals surface area contributed by atoms with Gasteiger partial charge in [0.05, 0.1) is 21.3 Å². The van der Waals surface area contributed by atoms with Gasteiger partial charge >= 0.3 is 0 Å². The molecule has 0 spiro atoms. The number of aromatic nitrogens is 1. The van der Waals surface area contributed by atoms with Crippen LogP contribution in [0.4, 0.5) is 0 Å². The molecule has 178 valence electrons. The van der Waals surface area contributed by atoms with E-state index in [-0.39, 0.29) is 43.0 Å². The number of carbonyl (C=O) groups is 2. The number of halogens is 1. The average molecular weight is 524 g/mol. The number of amides is 2. The molecular formula is C26H22ClN3O3S2. The molecule has 1 aliphatic rings. The first-order valence-electron chi connectivity index (χ1n) is 10.7. The topological polar surface area (TPSA) is 80.2 Å². The summed E-state index contributed by atoms with van der Waals surface area (Å²) < 4.78 is 2.06. The lowest BCUT2D eigenvalue weighted by Gasteiger charge is -2.23. The number of rotatable bonds is 5. The van der Waals surface area contributed by atoms with Crippen LogP contribution in [0.25, 0.3) is 5.69 Å². The van der Waals surface area contributed by atoms with E-state index < -0.39 is 0 Å². The predicted octanol–water partition coefficient (Wildman–Crippen LogP) is 4.49. The fourth-order valence-corrected chi connectivity index (χ4v) is 5.17. The van der Waals surface area contributed by atoms with Crippen molar-refractivity contribution in [1.82, 2.24) is 15.2 Å². The standard InChI is InChI=1S/C26H20ClN3O3S.H2S/c27-22-13-12-21(34-22)26(33)28-20-15-17-5-1-2-6-19(17)24(20)29-25(32)16-8-10-18(11-9-16)30-14-4-3-7-23(30)31;/h1-14,20,24H,15H2,(H,28,33)(H,29,32);1H2/t20-,24+;/m1./s1. The summed E-state index contributed by atoms with van der Waals surface area (Å²) >= 11 is 7.20. The van der Waals surface area contributed by atoms with Crippen LogP contribution in [-0.4, -0.2) is 22.4 Å². The molecule has 2 N–H and O–H groups in total. The first-order chi connectivity index (χ1) is 16.5. The number of hydrogen-bond acceptors (Lipinski definition) is 4. The normalized spacial score (nSPS) is 16.1. The summed E-state index contributed by atoms with van der Waals surface area (Å²) in [5, 5.41) is 6.15. The Bertz CT molecular complexity index is 1430. The Kier molecular flexibility index (Phi) is 7.45. The molecule has 2 aromatic carbocycles. The highest BCUT2D eigenvalue weighted by Gasteiger charge is 2.35. The summed E-state index contributed by atoms with van der Waals surface area (Å²) in [4.78, 5) is 38.5. The van der Waals surface area contributed by atoms with Crippen molar-refractivity contribution >= 4 is 48.2 Å². The molecule has 0 fully saturated rings. The number of hydrogen-bond donors (Lipinski definition) is 2. The maximum absolute atomic E-state index is 13.1. The van der Waals surface area contributed by atoms with Gasteiger partial charge in [0.1, 0.15) is 0 Å². The third-order valence-corrected chi connectivity index (χ3v) is 7.09. The van der Waals surface area contributed by atoms with Gasteiger partial charge in [-0.3, -0.25) is 19.0 Å². The second-order valence-corrected chi connectivity index (χ2v) is 9.71. The van der Waals surface area contributed by atoms with Gasteiger partial charge in [-0.1, -0.05) is 41.9 Å². The number of benzene rings is 2. The van der Waals surface area contributed by atoms with Gasteiger partial charge in [0.2, 0.25) is 0 Å². The predicted molar refractivity (Wildman–Crippen MR) is 143 cm³/mol. The van der Waals surface area contributed by atoms with Crippen LogP contribution in [-0.2, 0) is 6.42 Å². The van der Waals surface area contributed by atoms with Gasteiger partial charge in [-0.25, -0.2) is 0 Å². The van der Waals surface area contributed by atoms with Crippen LogP contribution in [0.2, 0.25) is 4.34 Å². The molecule has 6 nitrogen and oxygen atoms in total. The van der Waals surface area contributed by atoms with Crippen LogP contribution >= 0.6 is 36.4 Å². The molecule has 0 saturated heterocycles. The van der Waals surface area contributed by atoms with E-state index in [1.165, 1.54) is 22.0 Å². The van der Waals surface area contributed by atoms with Gasteiger partial charge in [-0.2, -0.15) is 13.5 Å². The van der Waals surface area contributed by atoms with Crippen LogP contribution in [0.15, 0.2) is 89.9 Å². The molecule has 9 heteroatoms. The van der Waals surface area contributed by atoms with E-state index in [1.54, 1.807) is 54.7 Å². The van der Waals surface area contributed by atoms with Gasteiger partial charge in [0.25, 0.3) is 17.4 Å². The Hall–Kier alpha value is -3.33. The molecule has 2 aromatic heterocycles. The molecule has 5 rings (SSSR count). The fraction of sp³-hybridized carbons (Fsp3) is 0.115. The molecular weight excluding hydrogens is 502 g/mol. The zero-order valence-electron chi connectivity index (χ0n) is 18.4. The number of carbonyl (C=O) groups excluding carboxylic acids is 2. The van der Waals surface area contributed by atoms with Gasteiger partial charge in [0.15, 0.2) is 0 Å². The highest BCUT2D eigenvalue weighted by atomic mass is 35.5. The highest BCUT2D eigenvalue weighted by Crippen LogP contribution is 2.32. The van der Waals surface area contributed by atoms with Crippen LogP contribution in [0, 0.1) is 0 Å². The van der Waals surface area contributed by atoms with E-state index in [0.717, 1.165) is 11.1 Å². The first kappa shape index (κ1) is 24.8. The summed E-state index contributed by atoms with van der Waals surface area (Å²) in [6.07, 6.45) is 2.29. The SMILES string of the molecule is O=C(N[C@H]1c2ccccc2C[C@H]1NC(=O)c1ccc(Cl)s1)c1ccc(-n2ccccc2=O)cc1.S. The minimum Gasteiger partial charge on any atom is -0.346 e. The Morgan fingerprint density at radius 3 is 2.34 bits per heavy atom. The molecule has 0 radical (unpaired) electrons. The molecule has 1 aliphatic carbocycles. The van der Waals surface area contributed by atoms with E-state index in [4.69, 9.17) is 11.6 Å². The minimum absolute atomic E-state index is 0. The Labute approximate surface area is 218 Å². The van der Waals surface area contributed by atoms with Gasteiger partial charge in [0, 0.05) is 23.5 Å². The van der Waals surface area contributed by atoms with Crippen LogP contribution in [0.5, 0.6) is 0 Å². The quantitative estimate of drug-likeness (QED) is 0.404. The van der Waals surface area contributed by atoms with E-state index in [2.05, 4.69) is 10.6 Å². The molecule has 0 aliphatic heterocycles. The zero-order valence-corrected chi connectivity index (χ0v) is 21.0. The summed E-state index contributed by atoms with van der Waals surface area (Å²) in [7, 11) is 0. The van der Waals surface area contributed by atoms with E-state index in [1.807, 2.05) is 24.3 Å². The second kappa shape index (κ2) is 10.5. The number of thiophene rings is 1. The van der Waals surface area contributed by atoms with Crippen LogP contribution in [0.3, 0.4) is 0 Å². The number of fused-ring (bicyclic) bond motifs is 1. The maximum Gasteiger partial charge on any atom is 0.261 e. The summed E-state index contributed by atoms with van der Waals surface area (Å²) in [5.41, 5.74) is 3.06. The molecule has 2 heterocycles. The maximum atomic E-state index is 13.1. The number of nitrogens with one attached hydrogen (secondary N) is 2. The summed E-state index contributed by atoms with van der Waals surface area (Å²) in [5.74, 6) is -0.473. The minimum atomic E-state index is -0.375. The first-order valence-corrected chi connectivity index (χ1v) is 11.9. The average Bonchev–Trinajstić information content (AvgIpc) is 3.43. The smallest absolute Gasteiger partial charge is 0.261 e. The van der Waals surface area contributed by atoms with Crippen molar-refractivity contribution in [3.05, 3.63) is 121 Å². The van der Waals surface area contributed by atoms with Crippen molar-refractivity contribution in [2.45, 2.75) is 18.5 Å². The summed E-state index contributed by atoms with van der Waals surface area (Å²) in [6.45, 7) is 0. The molecule has 0 bridgehead atoms. The van der Waals surface area contributed by atoms with E-state index in [9.17, 15) is 14.4 Å². The molecule has 35 heavy (non-hydrogen) atoms. The van der Waals surface area contributed by atoms with Gasteiger partial charge in [-0.05, 0) is 60.0 Å². The van der Waals surface area contributed by atoms with E-state index in [0.29, 0.717) is 26.9 Å². The summed E-state index contributed by atoms with van der Waals surface area (Å²) in [6, 6.07) is 22.4. The largest absolute Gasteiger partial charge is 0.346 e.